The van der Waals surface area contributed by atoms with E-state index in [4.69, 9.17) is 15.8 Å². The molecular formula is C6H11B2F8N3. The fourth-order valence-electron chi connectivity index (χ4n) is 0. The zero-order valence-electron chi connectivity index (χ0n) is 12.0. The molecule has 0 bridgehead atoms. The highest BCUT2D eigenvalue weighted by atomic mass is 19.5. The Hall–Kier alpha value is -1.96. The molecule has 0 aromatic rings. The summed E-state index contributed by atoms with van der Waals surface area (Å²) < 4.78 is 78.0. The fraction of sp³-hybridized carbons (Fsp3) is 0.500. The molecule has 0 radical (unpaired) electrons. The molecule has 0 amide bonds. The van der Waals surface area contributed by atoms with E-state index in [1.165, 1.54) is 20.8 Å². The molecule has 0 aromatic carbocycles. The number of hydrogen-bond acceptors (Lipinski definition) is 3. The minimum absolute atomic E-state index is 0. The molecule has 0 atom stereocenters. The van der Waals surface area contributed by atoms with Crippen LogP contribution in [0.15, 0.2) is 0 Å². The van der Waals surface area contributed by atoms with Crippen molar-refractivity contribution in [1.82, 2.24) is 0 Å². The number of nitriles is 3. The van der Waals surface area contributed by atoms with E-state index in [1.54, 1.807) is 18.2 Å². The topological polar surface area (TPSA) is 71.4 Å². The van der Waals surface area contributed by atoms with E-state index in [9.17, 15) is 34.5 Å². The van der Waals surface area contributed by atoms with Crippen molar-refractivity contribution in [1.29, 1.82) is 15.8 Å². The maximum absolute atomic E-state index is 9.75. The molecule has 0 heterocycles. The third-order valence-electron chi connectivity index (χ3n) is 0. The van der Waals surface area contributed by atoms with Gasteiger partial charge in [-0.3, -0.25) is 0 Å². The summed E-state index contributed by atoms with van der Waals surface area (Å²) in [7, 11) is -12.0. The summed E-state index contributed by atoms with van der Waals surface area (Å²) >= 11 is 0. The molecule has 0 N–H and O–H groups in total. The molecule has 13 heteroatoms. The number of rotatable bonds is 0. The molecule has 0 rings (SSSR count). The van der Waals surface area contributed by atoms with Crippen LogP contribution < -0.4 is 0 Å². The van der Waals surface area contributed by atoms with Crippen LogP contribution in [0.4, 0.5) is 34.5 Å². The molecule has 0 saturated heterocycles. The van der Waals surface area contributed by atoms with Gasteiger partial charge in [0.05, 0.1) is 18.2 Å². The normalized spacial score (nSPS) is 7.58. The van der Waals surface area contributed by atoms with Gasteiger partial charge >= 0.3 is 17.4 Å². The van der Waals surface area contributed by atoms with Gasteiger partial charge < -0.3 is 34.5 Å². The first-order valence-electron chi connectivity index (χ1n) is 3.92. The number of halogens is 8. The van der Waals surface area contributed by atoms with Crippen molar-refractivity contribution >= 4 is 14.5 Å². The Kier molecular flexibility index (Phi) is 34.0. The molecule has 112 valence electrons. The van der Waals surface area contributed by atoms with Gasteiger partial charge in [-0.25, -0.2) is 0 Å². The highest BCUT2D eigenvalue weighted by Crippen LogP contribution is 2.07. The predicted molar refractivity (Wildman–Crippen MR) is 56.5 cm³/mol. The van der Waals surface area contributed by atoms with Crippen LogP contribution in [0.1, 0.15) is 23.6 Å². The van der Waals surface area contributed by atoms with Crippen LogP contribution in [0.25, 0.3) is 0 Å². The highest BCUT2D eigenvalue weighted by Gasteiger charge is 2.21. The Labute approximate surface area is 108 Å². The smallest absolute Gasteiger partial charge is 0.418 e. The molecule has 19 heavy (non-hydrogen) atoms. The van der Waals surface area contributed by atoms with E-state index < -0.39 is 14.5 Å². The molecule has 0 aromatic heterocycles. The van der Waals surface area contributed by atoms with Crippen molar-refractivity contribution in [3.05, 3.63) is 0 Å². The summed E-state index contributed by atoms with van der Waals surface area (Å²) in [5.74, 6) is 0. The van der Waals surface area contributed by atoms with E-state index in [0.29, 0.717) is 0 Å². The molecule has 0 aliphatic carbocycles. The van der Waals surface area contributed by atoms with Crippen LogP contribution in [0, 0.1) is 34.0 Å². The van der Waals surface area contributed by atoms with Gasteiger partial charge in [0.15, 0.2) is 0 Å². The monoisotopic (exact) mass is 299 g/mol. The largest absolute Gasteiger partial charge is 1.00 e. The third kappa shape index (κ3) is 823. The van der Waals surface area contributed by atoms with E-state index in [1.807, 2.05) is 0 Å². The Bertz CT molecular complexity index is 238. The van der Waals surface area contributed by atoms with Gasteiger partial charge in [-0.15, -0.1) is 0 Å². The summed E-state index contributed by atoms with van der Waals surface area (Å²) in [5.41, 5.74) is 0. The van der Waals surface area contributed by atoms with Crippen molar-refractivity contribution in [3.63, 3.8) is 0 Å². The molecule has 0 aliphatic rings. The van der Waals surface area contributed by atoms with Crippen LogP contribution in [0.2, 0.25) is 0 Å². The van der Waals surface area contributed by atoms with Crippen LogP contribution in [0.5, 0.6) is 0 Å². The number of hydrogen-bond donors (Lipinski definition) is 0. The van der Waals surface area contributed by atoms with Gasteiger partial charge in [0, 0.05) is 20.8 Å². The summed E-state index contributed by atoms with van der Waals surface area (Å²) in [6, 6.07) is 5.25. The highest BCUT2D eigenvalue weighted by molar-refractivity contribution is 6.50. The third-order valence-corrected chi connectivity index (χ3v) is 0. The van der Waals surface area contributed by atoms with Gasteiger partial charge in [0.25, 0.3) is 0 Å². The lowest BCUT2D eigenvalue weighted by Gasteiger charge is -1.94. The molecule has 0 aliphatic heterocycles. The van der Waals surface area contributed by atoms with E-state index in [-0.39, 0.29) is 2.85 Å². The van der Waals surface area contributed by atoms with Gasteiger partial charge in [-0.1, -0.05) is 0 Å². The number of nitrogens with zero attached hydrogens (tertiary/aromatic N) is 3. The quantitative estimate of drug-likeness (QED) is 0.491. The minimum atomic E-state index is -6.00. The average Bonchev–Trinajstić information content (AvgIpc) is 1.99. The van der Waals surface area contributed by atoms with E-state index in [2.05, 4.69) is 0 Å². The Morgan fingerprint density at radius 3 is 0.579 bits per heavy atom. The lowest BCUT2D eigenvalue weighted by Crippen LogP contribution is -2.02. The van der Waals surface area contributed by atoms with Gasteiger partial charge in [-0.05, 0) is 0 Å². The minimum Gasteiger partial charge on any atom is -0.418 e. The summed E-state index contributed by atoms with van der Waals surface area (Å²) in [6.07, 6.45) is 0. The first-order valence-corrected chi connectivity index (χ1v) is 3.92. The second-order valence-corrected chi connectivity index (χ2v) is 1.66. The Morgan fingerprint density at radius 1 is 0.579 bits per heavy atom. The average molecular weight is 299 g/mol. The Morgan fingerprint density at radius 2 is 0.579 bits per heavy atom. The Balaban J connectivity index is -0.0000000233. The summed E-state index contributed by atoms with van der Waals surface area (Å²) in [6.45, 7) is 4.29. The first kappa shape index (κ1) is 30.2. The van der Waals surface area contributed by atoms with Gasteiger partial charge in [-0.2, -0.15) is 15.8 Å². The lowest BCUT2D eigenvalue weighted by molar-refractivity contribution is 0.366. The van der Waals surface area contributed by atoms with Crippen molar-refractivity contribution < 1.29 is 37.4 Å². The molecular weight excluding hydrogens is 288 g/mol. The molecule has 0 fully saturated rings. The van der Waals surface area contributed by atoms with E-state index in [0.717, 1.165) is 0 Å². The molecule has 0 saturated carbocycles. The van der Waals surface area contributed by atoms with E-state index >= 15 is 0 Å². The van der Waals surface area contributed by atoms with Crippen LogP contribution in [-0.2, 0) is 0 Å². The van der Waals surface area contributed by atoms with Gasteiger partial charge in [0.2, 0.25) is 0 Å². The maximum atomic E-state index is 9.75. The molecule has 3 nitrogen and oxygen atoms in total. The van der Waals surface area contributed by atoms with Gasteiger partial charge in [0.1, 0.15) is 0 Å². The second kappa shape index (κ2) is 21.3. The predicted octanol–water partition coefficient (Wildman–Crippen LogP) is 4.41. The zero-order chi connectivity index (χ0) is 17.1. The van der Waals surface area contributed by atoms with Crippen LogP contribution in [0.3, 0.4) is 0 Å². The van der Waals surface area contributed by atoms with Crippen molar-refractivity contribution in [2.75, 3.05) is 0 Å². The fourth-order valence-corrected chi connectivity index (χ4v) is 0. The second-order valence-electron chi connectivity index (χ2n) is 1.66. The van der Waals surface area contributed by atoms with Crippen LogP contribution >= 0.6 is 0 Å². The van der Waals surface area contributed by atoms with Crippen molar-refractivity contribution in [2.24, 2.45) is 0 Å². The SMILES string of the molecule is CC#N.CC#N.CC#N.F[B-](F)(F)F.F[B-](F)(F)F.[H+].[H+]. The summed E-state index contributed by atoms with van der Waals surface area (Å²) in [4.78, 5) is 0. The summed E-state index contributed by atoms with van der Waals surface area (Å²) in [5, 5.41) is 22.0. The first-order chi connectivity index (χ1) is 8.24. The van der Waals surface area contributed by atoms with Crippen LogP contribution in [-0.4, -0.2) is 14.5 Å². The standard InChI is InChI=1S/3C2H3N.2BF4/c3*1-2-3;2*2-1(3,4)5/h3*1H3;;/q;;;2*-1/p+2. The molecule has 0 spiro atoms. The maximum Gasteiger partial charge on any atom is 1.00 e. The molecule has 0 unspecified atom stereocenters. The van der Waals surface area contributed by atoms with Crippen molar-refractivity contribution in [3.8, 4) is 18.2 Å². The zero-order valence-corrected chi connectivity index (χ0v) is 10.0. The lowest BCUT2D eigenvalue weighted by atomic mass is 10.3. The van der Waals surface area contributed by atoms with Crippen molar-refractivity contribution in [2.45, 2.75) is 20.8 Å².